The van der Waals surface area contributed by atoms with Gasteiger partial charge in [-0.3, -0.25) is 4.79 Å². The second-order valence-corrected chi connectivity index (χ2v) is 5.44. The van der Waals surface area contributed by atoms with Gasteiger partial charge in [0.25, 0.3) is 0 Å². The minimum atomic E-state index is -3.38. The highest BCUT2D eigenvalue weighted by Gasteiger charge is 2.17. The molecular formula is C10H21NO5S. The topological polar surface area (TPSA) is 81.7 Å². The molecule has 0 radical (unpaired) electrons. The first-order valence-corrected chi connectivity index (χ1v) is 7.29. The Labute approximate surface area is 103 Å². The van der Waals surface area contributed by atoms with Gasteiger partial charge in [-0.15, -0.1) is 0 Å². The van der Waals surface area contributed by atoms with Crippen molar-refractivity contribution in [2.45, 2.75) is 20.8 Å². The third-order valence-electron chi connectivity index (χ3n) is 2.00. The standard InChI is InChI=1S/C10H21NO5S/c1-4-15-6-7-17(13,14)11-8-9(3)10(12)16-5-2/h9,11H,4-8H2,1-3H3/t9-/m1/s1. The summed E-state index contributed by atoms with van der Waals surface area (Å²) >= 11 is 0. The molecule has 0 aromatic rings. The molecule has 6 nitrogen and oxygen atoms in total. The van der Waals surface area contributed by atoms with Crippen molar-refractivity contribution in [1.82, 2.24) is 4.72 Å². The third-order valence-corrected chi connectivity index (χ3v) is 3.31. The van der Waals surface area contributed by atoms with Crippen molar-refractivity contribution in [3.63, 3.8) is 0 Å². The molecular weight excluding hydrogens is 246 g/mol. The fourth-order valence-electron chi connectivity index (χ4n) is 1.00. The van der Waals surface area contributed by atoms with E-state index in [0.29, 0.717) is 13.2 Å². The molecule has 0 rings (SSSR count). The Morgan fingerprint density at radius 1 is 1.29 bits per heavy atom. The van der Waals surface area contributed by atoms with E-state index in [1.807, 2.05) is 0 Å². The normalized spacial score (nSPS) is 13.4. The van der Waals surface area contributed by atoms with Gasteiger partial charge in [0.2, 0.25) is 10.0 Å². The first-order valence-electron chi connectivity index (χ1n) is 5.64. The molecule has 0 aliphatic carbocycles. The fraction of sp³-hybridized carbons (Fsp3) is 0.900. The number of carbonyl (C=O) groups excluding carboxylic acids is 1. The van der Waals surface area contributed by atoms with Crippen LogP contribution in [0.1, 0.15) is 20.8 Å². The van der Waals surface area contributed by atoms with Gasteiger partial charge in [0.15, 0.2) is 0 Å². The van der Waals surface area contributed by atoms with Crippen LogP contribution in [-0.2, 0) is 24.3 Å². The Balaban J connectivity index is 3.96. The average Bonchev–Trinajstić information content (AvgIpc) is 2.26. The van der Waals surface area contributed by atoms with Crippen LogP contribution in [-0.4, -0.2) is 46.5 Å². The summed E-state index contributed by atoms with van der Waals surface area (Å²) in [6.45, 7) is 6.09. The summed E-state index contributed by atoms with van der Waals surface area (Å²) in [7, 11) is -3.38. The minimum Gasteiger partial charge on any atom is -0.466 e. The van der Waals surface area contributed by atoms with Crippen molar-refractivity contribution >= 4 is 16.0 Å². The van der Waals surface area contributed by atoms with Crippen molar-refractivity contribution < 1.29 is 22.7 Å². The number of hydrogen-bond acceptors (Lipinski definition) is 5. The van der Waals surface area contributed by atoms with Crippen molar-refractivity contribution in [3.8, 4) is 0 Å². The number of ether oxygens (including phenoxy) is 2. The van der Waals surface area contributed by atoms with E-state index in [9.17, 15) is 13.2 Å². The Hall–Kier alpha value is -0.660. The molecule has 0 aromatic carbocycles. The highest BCUT2D eigenvalue weighted by atomic mass is 32.2. The largest absolute Gasteiger partial charge is 0.466 e. The summed E-state index contributed by atoms with van der Waals surface area (Å²) < 4.78 is 35.0. The van der Waals surface area contributed by atoms with Gasteiger partial charge < -0.3 is 9.47 Å². The zero-order chi connectivity index (χ0) is 13.3. The summed E-state index contributed by atoms with van der Waals surface area (Å²) in [6.07, 6.45) is 0. The third kappa shape index (κ3) is 8.12. The predicted molar refractivity (Wildman–Crippen MR) is 64.1 cm³/mol. The molecule has 0 aliphatic rings. The monoisotopic (exact) mass is 267 g/mol. The Kier molecular flexibility index (Phi) is 8.11. The number of nitrogens with one attached hydrogen (secondary N) is 1. The predicted octanol–water partition coefficient (Wildman–Crippen LogP) is 0.142. The van der Waals surface area contributed by atoms with Crippen molar-refractivity contribution in [2.75, 3.05) is 32.1 Å². The van der Waals surface area contributed by atoms with Gasteiger partial charge in [-0.2, -0.15) is 0 Å². The lowest BCUT2D eigenvalue weighted by Crippen LogP contribution is -2.34. The van der Waals surface area contributed by atoms with E-state index in [1.54, 1.807) is 20.8 Å². The van der Waals surface area contributed by atoms with Crippen LogP contribution in [0.25, 0.3) is 0 Å². The van der Waals surface area contributed by atoms with Crippen LogP contribution in [0.15, 0.2) is 0 Å². The lowest BCUT2D eigenvalue weighted by atomic mass is 10.2. The zero-order valence-corrected chi connectivity index (χ0v) is 11.4. The van der Waals surface area contributed by atoms with Crippen molar-refractivity contribution in [1.29, 1.82) is 0 Å². The molecule has 0 saturated carbocycles. The summed E-state index contributed by atoms with van der Waals surface area (Å²) in [5.41, 5.74) is 0. The lowest BCUT2D eigenvalue weighted by Gasteiger charge is -2.11. The number of rotatable bonds is 9. The van der Waals surface area contributed by atoms with Gasteiger partial charge in [0.05, 0.1) is 24.9 Å². The number of hydrogen-bond donors (Lipinski definition) is 1. The van der Waals surface area contributed by atoms with Gasteiger partial charge in [0, 0.05) is 13.2 Å². The van der Waals surface area contributed by atoms with Crippen LogP contribution in [0.5, 0.6) is 0 Å². The van der Waals surface area contributed by atoms with Crippen LogP contribution >= 0.6 is 0 Å². The quantitative estimate of drug-likeness (QED) is 0.475. The van der Waals surface area contributed by atoms with Crippen molar-refractivity contribution in [3.05, 3.63) is 0 Å². The Morgan fingerprint density at radius 3 is 2.47 bits per heavy atom. The number of carbonyl (C=O) groups is 1. The SMILES string of the molecule is CCOCCS(=O)(=O)NC[C@@H](C)C(=O)OCC. The van der Waals surface area contributed by atoms with Crippen LogP contribution in [0.3, 0.4) is 0 Å². The molecule has 1 atom stereocenters. The van der Waals surface area contributed by atoms with Gasteiger partial charge in [0.1, 0.15) is 0 Å². The number of esters is 1. The fourth-order valence-corrected chi connectivity index (χ4v) is 1.99. The second kappa shape index (κ2) is 8.43. The van der Waals surface area contributed by atoms with Crippen LogP contribution < -0.4 is 4.72 Å². The van der Waals surface area contributed by atoms with E-state index >= 15 is 0 Å². The molecule has 0 bridgehead atoms. The summed E-state index contributed by atoms with van der Waals surface area (Å²) in [5, 5.41) is 0. The van der Waals surface area contributed by atoms with Crippen LogP contribution in [0.4, 0.5) is 0 Å². The molecule has 0 amide bonds. The van der Waals surface area contributed by atoms with E-state index in [0.717, 1.165) is 0 Å². The molecule has 0 fully saturated rings. The molecule has 0 saturated heterocycles. The minimum absolute atomic E-state index is 0.0489. The summed E-state index contributed by atoms with van der Waals surface area (Å²) in [4.78, 5) is 11.2. The van der Waals surface area contributed by atoms with E-state index in [-0.39, 0.29) is 18.9 Å². The molecule has 0 spiro atoms. The smallest absolute Gasteiger partial charge is 0.309 e. The van der Waals surface area contributed by atoms with E-state index in [2.05, 4.69) is 4.72 Å². The Bertz CT molecular complexity index is 315. The molecule has 1 N–H and O–H groups in total. The Morgan fingerprint density at radius 2 is 1.94 bits per heavy atom. The molecule has 0 aromatic heterocycles. The molecule has 17 heavy (non-hydrogen) atoms. The number of sulfonamides is 1. The first kappa shape index (κ1) is 16.3. The van der Waals surface area contributed by atoms with Crippen LogP contribution in [0.2, 0.25) is 0 Å². The maximum atomic E-state index is 11.4. The molecule has 7 heteroatoms. The highest BCUT2D eigenvalue weighted by molar-refractivity contribution is 7.89. The van der Waals surface area contributed by atoms with Gasteiger partial charge in [-0.05, 0) is 13.8 Å². The average molecular weight is 267 g/mol. The zero-order valence-electron chi connectivity index (χ0n) is 10.6. The van der Waals surface area contributed by atoms with Gasteiger partial charge in [-0.25, -0.2) is 13.1 Å². The molecule has 0 unspecified atom stereocenters. The van der Waals surface area contributed by atoms with E-state index in [1.165, 1.54) is 0 Å². The van der Waals surface area contributed by atoms with Crippen molar-refractivity contribution in [2.24, 2.45) is 5.92 Å². The van der Waals surface area contributed by atoms with E-state index < -0.39 is 21.9 Å². The second-order valence-electron chi connectivity index (χ2n) is 3.52. The maximum Gasteiger partial charge on any atom is 0.309 e. The van der Waals surface area contributed by atoms with Crippen LogP contribution in [0, 0.1) is 5.92 Å². The maximum absolute atomic E-state index is 11.4. The lowest BCUT2D eigenvalue weighted by molar-refractivity contribution is -0.147. The first-order chi connectivity index (χ1) is 7.93. The molecule has 0 heterocycles. The molecule has 0 aliphatic heterocycles. The highest BCUT2D eigenvalue weighted by Crippen LogP contribution is 1.98. The summed E-state index contributed by atoms with van der Waals surface area (Å²) in [5.74, 6) is -0.993. The van der Waals surface area contributed by atoms with Gasteiger partial charge >= 0.3 is 5.97 Å². The summed E-state index contributed by atoms with van der Waals surface area (Å²) in [6, 6.07) is 0. The molecule has 102 valence electrons. The van der Waals surface area contributed by atoms with Gasteiger partial charge in [-0.1, -0.05) is 6.92 Å². The van der Waals surface area contributed by atoms with E-state index in [4.69, 9.17) is 9.47 Å².